The molecule has 0 aliphatic rings. The molecule has 0 unspecified atom stereocenters. The second-order valence-corrected chi connectivity index (χ2v) is 5.23. The van der Waals surface area contributed by atoms with Crippen LogP contribution < -0.4 is 5.32 Å². The molecule has 24 heavy (non-hydrogen) atoms. The van der Waals surface area contributed by atoms with Crippen molar-refractivity contribution in [2.75, 3.05) is 0 Å². The Morgan fingerprint density at radius 3 is 2.79 bits per heavy atom. The SMILES string of the molecule is O=C(/C=C/c1cnn(-c2ccccc2)c1)NCc1cccc(F)c1. The molecular weight excluding hydrogens is 305 g/mol. The maximum absolute atomic E-state index is 13.1. The largest absolute Gasteiger partial charge is 0.348 e. The highest BCUT2D eigenvalue weighted by molar-refractivity contribution is 5.91. The first-order valence-corrected chi connectivity index (χ1v) is 7.51. The van der Waals surface area contributed by atoms with Gasteiger partial charge in [0, 0.05) is 24.4 Å². The summed E-state index contributed by atoms with van der Waals surface area (Å²) in [7, 11) is 0. The van der Waals surface area contributed by atoms with Crippen molar-refractivity contribution >= 4 is 12.0 Å². The zero-order chi connectivity index (χ0) is 16.8. The molecule has 0 aliphatic carbocycles. The molecule has 0 saturated heterocycles. The molecule has 0 radical (unpaired) electrons. The molecule has 4 nitrogen and oxygen atoms in total. The fraction of sp³-hybridized carbons (Fsp3) is 0.0526. The number of nitrogens with zero attached hydrogens (tertiary/aromatic N) is 2. The number of hydrogen-bond donors (Lipinski definition) is 1. The highest BCUT2D eigenvalue weighted by Crippen LogP contribution is 2.08. The predicted octanol–water partition coefficient (Wildman–Crippen LogP) is 3.34. The van der Waals surface area contributed by atoms with Crippen LogP contribution in [0.15, 0.2) is 73.1 Å². The highest BCUT2D eigenvalue weighted by Gasteiger charge is 2.00. The summed E-state index contributed by atoms with van der Waals surface area (Å²) in [4.78, 5) is 11.8. The monoisotopic (exact) mass is 321 g/mol. The van der Waals surface area contributed by atoms with Gasteiger partial charge >= 0.3 is 0 Å². The standard InChI is InChI=1S/C19H16FN3O/c20-17-6-4-5-15(11-17)12-21-19(24)10-9-16-13-22-23(14-16)18-7-2-1-3-8-18/h1-11,13-14H,12H2,(H,21,24)/b10-9+. The summed E-state index contributed by atoms with van der Waals surface area (Å²) < 4.78 is 14.8. The van der Waals surface area contributed by atoms with E-state index >= 15 is 0 Å². The molecule has 0 atom stereocenters. The number of carbonyl (C=O) groups is 1. The van der Waals surface area contributed by atoms with Crippen LogP contribution in [-0.2, 0) is 11.3 Å². The van der Waals surface area contributed by atoms with Crippen molar-refractivity contribution in [3.8, 4) is 5.69 Å². The summed E-state index contributed by atoms with van der Waals surface area (Å²) >= 11 is 0. The number of carbonyl (C=O) groups excluding carboxylic acids is 1. The normalized spacial score (nSPS) is 10.9. The van der Waals surface area contributed by atoms with Gasteiger partial charge in [0.1, 0.15) is 5.82 Å². The zero-order valence-electron chi connectivity index (χ0n) is 12.9. The minimum Gasteiger partial charge on any atom is -0.348 e. The second-order valence-electron chi connectivity index (χ2n) is 5.23. The van der Waals surface area contributed by atoms with Gasteiger partial charge in [-0.1, -0.05) is 30.3 Å². The van der Waals surface area contributed by atoms with E-state index in [-0.39, 0.29) is 18.3 Å². The van der Waals surface area contributed by atoms with Crippen molar-refractivity contribution in [2.24, 2.45) is 0 Å². The van der Waals surface area contributed by atoms with Gasteiger partial charge in [-0.25, -0.2) is 9.07 Å². The van der Waals surface area contributed by atoms with Gasteiger partial charge in [0.05, 0.1) is 11.9 Å². The van der Waals surface area contributed by atoms with Gasteiger partial charge in [-0.05, 0) is 35.9 Å². The van der Waals surface area contributed by atoms with Crippen molar-refractivity contribution in [3.63, 3.8) is 0 Å². The molecule has 1 N–H and O–H groups in total. The van der Waals surface area contributed by atoms with Gasteiger partial charge in [0.15, 0.2) is 0 Å². The minimum atomic E-state index is -0.314. The molecule has 0 bridgehead atoms. The number of para-hydroxylation sites is 1. The third kappa shape index (κ3) is 4.16. The van der Waals surface area contributed by atoms with Crippen molar-refractivity contribution < 1.29 is 9.18 Å². The van der Waals surface area contributed by atoms with Gasteiger partial charge in [-0.15, -0.1) is 0 Å². The van der Waals surface area contributed by atoms with Crippen LogP contribution in [0.4, 0.5) is 4.39 Å². The lowest BCUT2D eigenvalue weighted by Gasteiger charge is -2.02. The molecule has 120 valence electrons. The van der Waals surface area contributed by atoms with E-state index in [1.165, 1.54) is 18.2 Å². The van der Waals surface area contributed by atoms with Crippen LogP contribution in [0.2, 0.25) is 0 Å². The number of hydrogen-bond acceptors (Lipinski definition) is 2. The Bertz CT molecular complexity index is 856. The Kier molecular flexibility index (Phi) is 4.81. The van der Waals surface area contributed by atoms with Gasteiger partial charge in [-0.3, -0.25) is 4.79 Å². The Balaban J connectivity index is 1.57. The van der Waals surface area contributed by atoms with Crippen LogP contribution in [-0.4, -0.2) is 15.7 Å². The number of nitrogens with one attached hydrogen (secondary N) is 1. The van der Waals surface area contributed by atoms with Crippen molar-refractivity contribution in [1.29, 1.82) is 0 Å². The molecule has 2 aromatic carbocycles. The van der Waals surface area contributed by atoms with E-state index in [0.29, 0.717) is 5.56 Å². The number of aromatic nitrogens is 2. The molecular formula is C19H16FN3O. The average Bonchev–Trinajstić information content (AvgIpc) is 3.08. The summed E-state index contributed by atoms with van der Waals surface area (Å²) in [5.74, 6) is -0.558. The average molecular weight is 321 g/mol. The van der Waals surface area contributed by atoms with E-state index in [1.807, 2.05) is 36.5 Å². The lowest BCUT2D eigenvalue weighted by Crippen LogP contribution is -2.20. The first-order valence-electron chi connectivity index (χ1n) is 7.51. The molecule has 0 aliphatic heterocycles. The van der Waals surface area contributed by atoms with Crippen LogP contribution in [0.1, 0.15) is 11.1 Å². The molecule has 5 heteroatoms. The maximum atomic E-state index is 13.1. The van der Waals surface area contributed by atoms with E-state index in [9.17, 15) is 9.18 Å². The van der Waals surface area contributed by atoms with Crippen molar-refractivity contribution in [2.45, 2.75) is 6.54 Å². The Hall–Kier alpha value is -3.21. The van der Waals surface area contributed by atoms with E-state index in [4.69, 9.17) is 0 Å². The van der Waals surface area contributed by atoms with E-state index in [1.54, 1.807) is 29.1 Å². The van der Waals surface area contributed by atoms with Crippen LogP contribution in [0.25, 0.3) is 11.8 Å². The maximum Gasteiger partial charge on any atom is 0.244 e. The summed E-state index contributed by atoms with van der Waals surface area (Å²) in [5.41, 5.74) is 2.49. The highest BCUT2D eigenvalue weighted by atomic mass is 19.1. The molecule has 0 saturated carbocycles. The second kappa shape index (κ2) is 7.37. The van der Waals surface area contributed by atoms with Gasteiger partial charge in [-0.2, -0.15) is 5.10 Å². The summed E-state index contributed by atoms with van der Waals surface area (Å²) in [6, 6.07) is 15.9. The number of halogens is 1. The van der Waals surface area contributed by atoms with Gasteiger partial charge < -0.3 is 5.32 Å². The fourth-order valence-corrected chi connectivity index (χ4v) is 2.21. The van der Waals surface area contributed by atoms with E-state index in [2.05, 4.69) is 10.4 Å². The molecule has 3 rings (SSSR count). The molecule has 1 aromatic heterocycles. The summed E-state index contributed by atoms with van der Waals surface area (Å²) in [6.07, 6.45) is 6.65. The Morgan fingerprint density at radius 2 is 2.00 bits per heavy atom. The smallest absolute Gasteiger partial charge is 0.244 e. The van der Waals surface area contributed by atoms with Crippen LogP contribution in [0, 0.1) is 5.82 Å². The quantitative estimate of drug-likeness (QED) is 0.733. The van der Waals surface area contributed by atoms with E-state index in [0.717, 1.165) is 11.3 Å². The van der Waals surface area contributed by atoms with Crippen molar-refractivity contribution in [1.82, 2.24) is 15.1 Å². The number of benzene rings is 2. The van der Waals surface area contributed by atoms with Crippen molar-refractivity contribution in [3.05, 3.63) is 90.0 Å². The topological polar surface area (TPSA) is 46.9 Å². The first kappa shape index (κ1) is 15.7. The minimum absolute atomic E-state index is 0.244. The molecule has 0 fully saturated rings. The lowest BCUT2D eigenvalue weighted by atomic mass is 10.2. The zero-order valence-corrected chi connectivity index (χ0v) is 12.9. The number of rotatable bonds is 5. The van der Waals surface area contributed by atoms with Crippen LogP contribution >= 0.6 is 0 Å². The molecule has 1 amide bonds. The predicted molar refractivity (Wildman–Crippen MR) is 90.8 cm³/mol. The van der Waals surface area contributed by atoms with E-state index < -0.39 is 0 Å². The summed E-state index contributed by atoms with van der Waals surface area (Å²) in [6.45, 7) is 0.282. The Morgan fingerprint density at radius 1 is 1.17 bits per heavy atom. The van der Waals surface area contributed by atoms with Gasteiger partial charge in [0.2, 0.25) is 5.91 Å². The lowest BCUT2D eigenvalue weighted by molar-refractivity contribution is -0.116. The Labute approximate surface area is 139 Å². The molecule has 0 spiro atoms. The summed E-state index contributed by atoms with van der Waals surface area (Å²) in [5, 5.41) is 6.97. The third-order valence-electron chi connectivity index (χ3n) is 3.41. The molecule has 1 heterocycles. The fourth-order valence-electron chi connectivity index (χ4n) is 2.21. The number of amides is 1. The van der Waals surface area contributed by atoms with Crippen LogP contribution in [0.5, 0.6) is 0 Å². The first-order chi connectivity index (χ1) is 11.7. The van der Waals surface area contributed by atoms with Gasteiger partial charge in [0.25, 0.3) is 0 Å². The third-order valence-corrected chi connectivity index (χ3v) is 3.41. The molecule has 3 aromatic rings. The van der Waals surface area contributed by atoms with Crippen LogP contribution in [0.3, 0.4) is 0 Å².